The lowest BCUT2D eigenvalue weighted by molar-refractivity contribution is -0.151. The van der Waals surface area contributed by atoms with Gasteiger partial charge in [-0.05, 0) is 43.9 Å². The van der Waals surface area contributed by atoms with Crippen LogP contribution in [-0.2, 0) is 14.3 Å². The van der Waals surface area contributed by atoms with Crippen LogP contribution in [0, 0.1) is 11.8 Å². The minimum Gasteiger partial charge on any atom is -0.467 e. The van der Waals surface area contributed by atoms with Gasteiger partial charge in [0.25, 0.3) is 0 Å². The fourth-order valence-corrected chi connectivity index (χ4v) is 3.16. The molecule has 94 valence electrons. The molecular formula is C13H19NO3. The first-order valence-corrected chi connectivity index (χ1v) is 6.61. The summed E-state index contributed by atoms with van der Waals surface area (Å²) >= 11 is 0. The summed E-state index contributed by atoms with van der Waals surface area (Å²) < 4.78 is 4.83. The molecule has 1 aliphatic heterocycles. The van der Waals surface area contributed by atoms with Gasteiger partial charge in [-0.25, -0.2) is 4.79 Å². The predicted octanol–water partition coefficient (Wildman–Crippen LogP) is 1.34. The highest BCUT2D eigenvalue weighted by Gasteiger charge is 2.51. The van der Waals surface area contributed by atoms with Crippen molar-refractivity contribution in [1.82, 2.24) is 4.90 Å². The number of likely N-dealkylation sites (tertiary alicyclic amines) is 1. The third-order valence-corrected chi connectivity index (χ3v) is 4.26. The lowest BCUT2D eigenvalue weighted by atomic mass is 10.0. The van der Waals surface area contributed by atoms with Crippen molar-refractivity contribution in [2.24, 2.45) is 11.8 Å². The Balaban J connectivity index is 1.81. The van der Waals surface area contributed by atoms with E-state index < -0.39 is 0 Å². The van der Waals surface area contributed by atoms with Crippen LogP contribution in [0.15, 0.2) is 0 Å². The van der Waals surface area contributed by atoms with Gasteiger partial charge in [0.05, 0.1) is 7.11 Å². The first-order chi connectivity index (χ1) is 8.22. The van der Waals surface area contributed by atoms with E-state index in [1.807, 2.05) is 4.90 Å². The van der Waals surface area contributed by atoms with Gasteiger partial charge in [0.2, 0.25) is 5.91 Å². The predicted molar refractivity (Wildman–Crippen MR) is 61.1 cm³/mol. The monoisotopic (exact) mass is 237 g/mol. The molecule has 0 spiro atoms. The molecule has 0 aromatic heterocycles. The highest BCUT2D eigenvalue weighted by molar-refractivity contribution is 5.88. The molecule has 0 N–H and O–H groups in total. The average Bonchev–Trinajstić information content (AvgIpc) is 3.20. The second-order valence-electron chi connectivity index (χ2n) is 5.54. The van der Waals surface area contributed by atoms with Gasteiger partial charge in [-0.15, -0.1) is 0 Å². The minimum absolute atomic E-state index is 0.157. The zero-order chi connectivity index (χ0) is 12.0. The summed E-state index contributed by atoms with van der Waals surface area (Å²) in [4.78, 5) is 25.6. The standard InChI is InChI=1S/C13H19NO3/c1-17-13(16)10-6-7-11(15)14(10)12(8-2-3-8)9-4-5-9/h8-10,12H,2-7H2,1H3. The molecule has 0 aromatic rings. The van der Waals surface area contributed by atoms with Gasteiger partial charge in [0.15, 0.2) is 0 Å². The molecule has 2 saturated carbocycles. The molecule has 4 heteroatoms. The van der Waals surface area contributed by atoms with Crippen molar-refractivity contribution in [1.29, 1.82) is 0 Å². The maximum absolute atomic E-state index is 12.0. The van der Waals surface area contributed by atoms with E-state index >= 15 is 0 Å². The molecule has 4 nitrogen and oxygen atoms in total. The summed E-state index contributed by atoms with van der Waals surface area (Å²) in [5, 5.41) is 0. The number of nitrogens with zero attached hydrogens (tertiary/aromatic N) is 1. The lowest BCUT2D eigenvalue weighted by Gasteiger charge is -2.32. The van der Waals surface area contributed by atoms with E-state index in [4.69, 9.17) is 4.74 Å². The topological polar surface area (TPSA) is 46.6 Å². The van der Waals surface area contributed by atoms with Crippen LogP contribution in [0.2, 0.25) is 0 Å². The van der Waals surface area contributed by atoms with Crippen molar-refractivity contribution in [3.63, 3.8) is 0 Å². The van der Waals surface area contributed by atoms with Gasteiger partial charge >= 0.3 is 5.97 Å². The van der Waals surface area contributed by atoms with Crippen LogP contribution >= 0.6 is 0 Å². The average molecular weight is 237 g/mol. The molecule has 1 atom stereocenters. The molecule has 1 amide bonds. The second kappa shape index (κ2) is 4.00. The lowest BCUT2D eigenvalue weighted by Crippen LogP contribution is -2.48. The van der Waals surface area contributed by atoms with Gasteiger partial charge in [0.1, 0.15) is 6.04 Å². The summed E-state index contributed by atoms with van der Waals surface area (Å²) in [6, 6.07) is 0.0211. The SMILES string of the molecule is COC(=O)C1CCC(=O)N1C(C1CC1)C1CC1. The van der Waals surface area contributed by atoms with Crippen molar-refractivity contribution >= 4 is 11.9 Å². The highest BCUT2D eigenvalue weighted by Crippen LogP contribution is 2.49. The largest absolute Gasteiger partial charge is 0.467 e. The van der Waals surface area contributed by atoms with Crippen LogP contribution in [0.5, 0.6) is 0 Å². The Labute approximate surface area is 101 Å². The quantitative estimate of drug-likeness (QED) is 0.693. The molecule has 0 radical (unpaired) electrons. The van der Waals surface area contributed by atoms with Crippen molar-refractivity contribution in [2.45, 2.75) is 50.6 Å². The summed E-state index contributed by atoms with van der Waals surface area (Å²) in [6.45, 7) is 0. The summed E-state index contributed by atoms with van der Waals surface area (Å²) in [5.41, 5.74) is 0. The van der Waals surface area contributed by atoms with Crippen LogP contribution in [0.3, 0.4) is 0 Å². The van der Waals surface area contributed by atoms with Crippen molar-refractivity contribution in [2.75, 3.05) is 7.11 Å². The molecule has 2 aliphatic carbocycles. The molecule has 0 bridgehead atoms. The smallest absolute Gasteiger partial charge is 0.328 e. The van der Waals surface area contributed by atoms with E-state index in [1.165, 1.54) is 32.8 Å². The molecule has 3 fully saturated rings. The number of hydrogen-bond acceptors (Lipinski definition) is 3. The van der Waals surface area contributed by atoms with Gasteiger partial charge in [0, 0.05) is 12.5 Å². The number of carbonyl (C=O) groups excluding carboxylic acids is 2. The zero-order valence-corrected chi connectivity index (χ0v) is 10.2. The summed E-state index contributed by atoms with van der Waals surface area (Å²) in [5.74, 6) is 1.22. The molecular weight excluding hydrogens is 218 g/mol. The van der Waals surface area contributed by atoms with Crippen molar-refractivity contribution < 1.29 is 14.3 Å². The van der Waals surface area contributed by atoms with Crippen LogP contribution < -0.4 is 0 Å². The van der Waals surface area contributed by atoms with E-state index in [0.29, 0.717) is 30.7 Å². The Morgan fingerprint density at radius 2 is 1.82 bits per heavy atom. The molecule has 1 saturated heterocycles. The third-order valence-electron chi connectivity index (χ3n) is 4.26. The van der Waals surface area contributed by atoms with Gasteiger partial charge < -0.3 is 9.64 Å². The van der Waals surface area contributed by atoms with E-state index in [1.54, 1.807) is 0 Å². The van der Waals surface area contributed by atoms with Crippen LogP contribution in [-0.4, -0.2) is 36.0 Å². The number of rotatable bonds is 4. The number of methoxy groups -OCH3 is 1. The summed E-state index contributed by atoms with van der Waals surface area (Å²) in [7, 11) is 1.41. The molecule has 1 heterocycles. The Morgan fingerprint density at radius 1 is 1.24 bits per heavy atom. The highest BCUT2D eigenvalue weighted by atomic mass is 16.5. The summed E-state index contributed by atoms with van der Waals surface area (Å²) in [6.07, 6.45) is 6.03. The minimum atomic E-state index is -0.307. The Kier molecular flexibility index (Phi) is 2.60. The zero-order valence-electron chi connectivity index (χ0n) is 10.2. The second-order valence-corrected chi connectivity index (χ2v) is 5.54. The van der Waals surface area contributed by atoms with E-state index in [2.05, 4.69) is 0 Å². The molecule has 1 unspecified atom stereocenters. The van der Waals surface area contributed by atoms with Crippen molar-refractivity contribution in [3.05, 3.63) is 0 Å². The fraction of sp³-hybridized carbons (Fsp3) is 0.846. The van der Waals surface area contributed by atoms with Gasteiger partial charge in [-0.3, -0.25) is 4.79 Å². The number of amides is 1. The van der Waals surface area contributed by atoms with Crippen molar-refractivity contribution in [3.8, 4) is 0 Å². The molecule has 0 aromatic carbocycles. The Bertz CT molecular complexity index is 335. The maximum Gasteiger partial charge on any atom is 0.328 e. The first-order valence-electron chi connectivity index (χ1n) is 6.61. The normalized spacial score (nSPS) is 28.9. The maximum atomic E-state index is 12.0. The van der Waals surface area contributed by atoms with Crippen LogP contribution in [0.4, 0.5) is 0 Å². The number of ether oxygens (including phenoxy) is 1. The van der Waals surface area contributed by atoms with Gasteiger partial charge in [-0.1, -0.05) is 0 Å². The van der Waals surface area contributed by atoms with E-state index in [9.17, 15) is 9.59 Å². The Hall–Kier alpha value is -1.06. The van der Waals surface area contributed by atoms with Gasteiger partial charge in [-0.2, -0.15) is 0 Å². The first kappa shape index (κ1) is 11.1. The molecule has 17 heavy (non-hydrogen) atoms. The number of carbonyl (C=O) groups is 2. The molecule has 3 rings (SSSR count). The number of hydrogen-bond donors (Lipinski definition) is 0. The number of esters is 1. The van der Waals surface area contributed by atoms with Crippen LogP contribution in [0.25, 0.3) is 0 Å². The van der Waals surface area contributed by atoms with E-state index in [-0.39, 0.29) is 17.9 Å². The molecule has 3 aliphatic rings. The third kappa shape index (κ3) is 1.94. The fourth-order valence-electron chi connectivity index (χ4n) is 3.16. The van der Waals surface area contributed by atoms with E-state index in [0.717, 1.165) is 0 Å². The van der Waals surface area contributed by atoms with Crippen LogP contribution in [0.1, 0.15) is 38.5 Å². The Morgan fingerprint density at radius 3 is 2.29 bits per heavy atom.